The van der Waals surface area contributed by atoms with E-state index in [1.165, 1.54) is 4.90 Å². The number of aliphatic hydroxyl groups is 1. The second kappa shape index (κ2) is 9.34. The monoisotopic (exact) mass is 483 g/mol. The number of hydrogen-bond donors (Lipinski definition) is 1. The summed E-state index contributed by atoms with van der Waals surface area (Å²) in [6.45, 7) is 4.46. The second-order valence-electron chi connectivity index (χ2n) is 8.77. The van der Waals surface area contributed by atoms with E-state index in [4.69, 9.17) is 9.47 Å². The summed E-state index contributed by atoms with van der Waals surface area (Å²) in [5.74, 6) is -1.48. The molecule has 2 heterocycles. The van der Waals surface area contributed by atoms with Gasteiger partial charge in [0.25, 0.3) is 11.7 Å². The molecule has 0 saturated carbocycles. The van der Waals surface area contributed by atoms with Crippen molar-refractivity contribution in [1.82, 2.24) is 0 Å². The van der Waals surface area contributed by atoms with Crippen LogP contribution in [0.4, 0.5) is 5.69 Å². The van der Waals surface area contributed by atoms with Crippen molar-refractivity contribution < 1.29 is 29.0 Å². The van der Waals surface area contributed by atoms with Gasteiger partial charge < -0.3 is 14.6 Å². The van der Waals surface area contributed by atoms with Crippen LogP contribution in [0.1, 0.15) is 45.6 Å². The number of hydrogen-bond acceptors (Lipinski definition) is 6. The molecule has 1 N–H and O–H groups in total. The number of carbonyl (C=O) groups excluding carboxylic acids is 3. The fraction of sp³-hybridized carbons (Fsp3) is 0.207. The average Bonchev–Trinajstić information content (AvgIpc) is 3.46. The Morgan fingerprint density at radius 2 is 1.81 bits per heavy atom. The van der Waals surface area contributed by atoms with Gasteiger partial charge in [0.05, 0.1) is 30.4 Å². The highest BCUT2D eigenvalue weighted by Gasteiger charge is 2.47. The van der Waals surface area contributed by atoms with Crippen molar-refractivity contribution in [2.75, 3.05) is 18.1 Å². The average molecular weight is 484 g/mol. The van der Waals surface area contributed by atoms with Crippen molar-refractivity contribution in [1.29, 1.82) is 0 Å². The van der Waals surface area contributed by atoms with Crippen LogP contribution in [0.2, 0.25) is 0 Å². The van der Waals surface area contributed by atoms with E-state index in [1.54, 1.807) is 49.4 Å². The zero-order valence-corrected chi connectivity index (χ0v) is 20.0. The van der Waals surface area contributed by atoms with E-state index < -0.39 is 23.7 Å². The molecule has 1 atom stereocenters. The van der Waals surface area contributed by atoms with Crippen molar-refractivity contribution >= 4 is 29.1 Å². The van der Waals surface area contributed by atoms with Crippen molar-refractivity contribution in [3.8, 4) is 5.75 Å². The summed E-state index contributed by atoms with van der Waals surface area (Å²) in [5.41, 5.74) is 3.81. The van der Waals surface area contributed by atoms with Gasteiger partial charge in [0.2, 0.25) is 0 Å². The van der Waals surface area contributed by atoms with Crippen molar-refractivity contribution in [3.05, 3.63) is 100 Å². The summed E-state index contributed by atoms with van der Waals surface area (Å²) in [4.78, 5) is 40.2. The van der Waals surface area contributed by atoms with Crippen LogP contribution >= 0.6 is 0 Å². The van der Waals surface area contributed by atoms with E-state index >= 15 is 0 Å². The minimum atomic E-state index is -0.845. The van der Waals surface area contributed by atoms with Gasteiger partial charge in [-0.1, -0.05) is 29.8 Å². The predicted molar refractivity (Wildman–Crippen MR) is 134 cm³/mol. The van der Waals surface area contributed by atoms with Crippen molar-refractivity contribution in [2.24, 2.45) is 0 Å². The first-order valence-corrected chi connectivity index (χ1v) is 11.8. The molecule has 36 heavy (non-hydrogen) atoms. The first kappa shape index (κ1) is 23.4. The SMILES string of the molecule is CCOC(=O)c1ccc(N2C(=O)C(=O)/C(=C(\O)c3ccc4c(c3)CCO4)C2c2cccc(C)c2)cc1. The number of Topliss-reactive ketones (excluding diaryl/α,β-unsaturated/α-hetero) is 1. The second-order valence-corrected chi connectivity index (χ2v) is 8.77. The lowest BCUT2D eigenvalue weighted by Gasteiger charge is -2.26. The van der Waals surface area contributed by atoms with Crippen LogP contribution in [0.5, 0.6) is 5.75 Å². The number of nitrogens with zero attached hydrogens (tertiary/aromatic N) is 1. The smallest absolute Gasteiger partial charge is 0.338 e. The maximum Gasteiger partial charge on any atom is 0.338 e. The van der Waals surface area contributed by atoms with Gasteiger partial charge in [0.1, 0.15) is 11.5 Å². The number of aryl methyl sites for hydroxylation is 1. The molecule has 3 aromatic rings. The molecule has 0 spiro atoms. The zero-order valence-electron chi connectivity index (χ0n) is 20.0. The highest BCUT2D eigenvalue weighted by atomic mass is 16.5. The van der Waals surface area contributed by atoms with Gasteiger partial charge in [-0.2, -0.15) is 0 Å². The Balaban J connectivity index is 1.64. The number of rotatable bonds is 5. The summed E-state index contributed by atoms with van der Waals surface area (Å²) in [7, 11) is 0. The molecule has 1 saturated heterocycles. The molecule has 0 aromatic heterocycles. The Kier molecular flexibility index (Phi) is 6.06. The molecular weight excluding hydrogens is 458 g/mol. The maximum absolute atomic E-state index is 13.4. The normalized spacial score (nSPS) is 18.2. The lowest BCUT2D eigenvalue weighted by atomic mass is 9.93. The highest BCUT2D eigenvalue weighted by molar-refractivity contribution is 6.51. The van der Waals surface area contributed by atoms with Crippen LogP contribution in [0.25, 0.3) is 5.76 Å². The summed E-state index contributed by atoms with van der Waals surface area (Å²) in [6.07, 6.45) is 0.707. The van der Waals surface area contributed by atoms with Crippen LogP contribution in [-0.4, -0.2) is 36.0 Å². The Bertz CT molecular complexity index is 1410. The molecule has 2 aliphatic rings. The van der Waals surface area contributed by atoms with E-state index in [-0.39, 0.29) is 17.9 Å². The molecule has 0 bridgehead atoms. The summed E-state index contributed by atoms with van der Waals surface area (Å²) < 4.78 is 10.6. The summed E-state index contributed by atoms with van der Waals surface area (Å²) in [6, 6.07) is 18.2. The predicted octanol–water partition coefficient (Wildman–Crippen LogP) is 4.73. The van der Waals surface area contributed by atoms with Crippen LogP contribution in [-0.2, 0) is 20.7 Å². The lowest BCUT2D eigenvalue weighted by molar-refractivity contribution is -0.132. The molecule has 1 amide bonds. The van der Waals surface area contributed by atoms with Gasteiger partial charge in [-0.05, 0) is 67.4 Å². The largest absolute Gasteiger partial charge is 0.507 e. The number of fused-ring (bicyclic) bond motifs is 1. The first-order chi connectivity index (χ1) is 17.4. The van der Waals surface area contributed by atoms with Gasteiger partial charge >= 0.3 is 5.97 Å². The van der Waals surface area contributed by atoms with Gasteiger partial charge in [0.15, 0.2) is 0 Å². The summed E-state index contributed by atoms with van der Waals surface area (Å²) >= 11 is 0. The van der Waals surface area contributed by atoms with E-state index in [2.05, 4.69) is 0 Å². The number of anilines is 1. The third-order valence-electron chi connectivity index (χ3n) is 6.42. The molecule has 1 unspecified atom stereocenters. The number of ketones is 1. The number of carbonyl (C=O) groups is 3. The third kappa shape index (κ3) is 4.02. The van der Waals surface area contributed by atoms with E-state index in [9.17, 15) is 19.5 Å². The van der Waals surface area contributed by atoms with Crippen LogP contribution in [0.3, 0.4) is 0 Å². The Morgan fingerprint density at radius 1 is 1.06 bits per heavy atom. The molecule has 5 rings (SSSR count). The minimum absolute atomic E-state index is 0.0129. The van der Waals surface area contributed by atoms with Crippen LogP contribution in [0, 0.1) is 6.92 Å². The Hall–Kier alpha value is -4.39. The molecule has 0 aliphatic carbocycles. The molecule has 0 radical (unpaired) electrons. The third-order valence-corrected chi connectivity index (χ3v) is 6.42. The molecule has 3 aromatic carbocycles. The van der Waals surface area contributed by atoms with Crippen LogP contribution < -0.4 is 9.64 Å². The molecule has 2 aliphatic heterocycles. The number of esters is 1. The number of ether oxygens (including phenoxy) is 2. The number of amides is 1. The quantitative estimate of drug-likeness (QED) is 0.244. The summed E-state index contributed by atoms with van der Waals surface area (Å²) in [5, 5.41) is 11.4. The van der Waals surface area contributed by atoms with Gasteiger partial charge in [-0.3, -0.25) is 14.5 Å². The Labute approximate surface area is 208 Å². The number of benzene rings is 3. The maximum atomic E-state index is 13.4. The van der Waals surface area contributed by atoms with Gasteiger partial charge in [0, 0.05) is 17.7 Å². The van der Waals surface area contributed by atoms with Gasteiger partial charge in [-0.25, -0.2) is 4.79 Å². The zero-order chi connectivity index (χ0) is 25.4. The van der Waals surface area contributed by atoms with Gasteiger partial charge in [-0.15, -0.1) is 0 Å². The minimum Gasteiger partial charge on any atom is -0.507 e. The fourth-order valence-electron chi connectivity index (χ4n) is 4.72. The van der Waals surface area contributed by atoms with E-state index in [0.29, 0.717) is 35.4 Å². The van der Waals surface area contributed by atoms with E-state index in [1.807, 2.05) is 31.2 Å². The molecular formula is C29H25NO6. The standard InChI is InChI=1S/C29H25NO6/c1-3-35-29(34)18-7-10-22(11-8-18)30-25(20-6-4-5-17(2)15-20)24(27(32)28(30)33)26(31)21-9-12-23-19(16-21)13-14-36-23/h4-12,15-16,25,31H,3,13-14H2,1-2H3/b26-24-. The molecule has 7 heteroatoms. The van der Waals surface area contributed by atoms with Crippen molar-refractivity contribution in [2.45, 2.75) is 26.3 Å². The highest BCUT2D eigenvalue weighted by Crippen LogP contribution is 2.43. The topological polar surface area (TPSA) is 93.1 Å². The molecule has 182 valence electrons. The fourth-order valence-corrected chi connectivity index (χ4v) is 4.72. The lowest BCUT2D eigenvalue weighted by Crippen LogP contribution is -2.29. The van der Waals surface area contributed by atoms with E-state index in [0.717, 1.165) is 16.9 Å². The number of aliphatic hydroxyl groups excluding tert-OH is 1. The molecule has 7 nitrogen and oxygen atoms in total. The van der Waals surface area contributed by atoms with Crippen molar-refractivity contribution in [3.63, 3.8) is 0 Å². The van der Waals surface area contributed by atoms with Crippen LogP contribution in [0.15, 0.2) is 72.3 Å². The first-order valence-electron chi connectivity index (χ1n) is 11.8. The molecule has 1 fully saturated rings. The Morgan fingerprint density at radius 3 is 2.53 bits per heavy atom.